The summed E-state index contributed by atoms with van der Waals surface area (Å²) in [6.07, 6.45) is 0. The van der Waals surface area contributed by atoms with Gasteiger partial charge in [0.05, 0.1) is 0 Å². The van der Waals surface area contributed by atoms with Crippen molar-refractivity contribution in [1.82, 2.24) is 14.8 Å². The zero-order valence-electron chi connectivity index (χ0n) is 9.61. The molecule has 0 amide bonds. The Morgan fingerprint density at radius 2 is 2.06 bits per heavy atom. The number of H-pyrrole nitrogens is 1. The maximum Gasteiger partial charge on any atom is 0.343 e. The molecule has 96 valence electrons. The summed E-state index contributed by atoms with van der Waals surface area (Å²) < 4.78 is 1.56. The van der Waals surface area contributed by atoms with Gasteiger partial charge in [-0.05, 0) is 24.6 Å². The Hall–Kier alpha value is -0.910. The van der Waals surface area contributed by atoms with Gasteiger partial charge in [0, 0.05) is 22.3 Å². The van der Waals surface area contributed by atoms with E-state index in [2.05, 4.69) is 10.2 Å². The van der Waals surface area contributed by atoms with E-state index in [9.17, 15) is 4.79 Å². The lowest BCUT2D eigenvalue weighted by Gasteiger charge is -2.06. The van der Waals surface area contributed by atoms with Gasteiger partial charge in [-0.1, -0.05) is 41.0 Å². The summed E-state index contributed by atoms with van der Waals surface area (Å²) in [6.45, 7) is 2.47. The van der Waals surface area contributed by atoms with Crippen LogP contribution in [0.15, 0.2) is 28.2 Å². The van der Waals surface area contributed by atoms with Crippen molar-refractivity contribution < 1.29 is 0 Å². The minimum absolute atomic E-state index is 0.203. The molecule has 0 fully saturated rings. The van der Waals surface area contributed by atoms with Gasteiger partial charge >= 0.3 is 5.69 Å². The summed E-state index contributed by atoms with van der Waals surface area (Å²) in [5.41, 5.74) is 0.647. The molecule has 7 heteroatoms. The highest BCUT2D eigenvalue weighted by molar-refractivity contribution is 7.98. The quantitative estimate of drug-likeness (QED) is 0.883. The number of thioether (sulfide) groups is 1. The van der Waals surface area contributed by atoms with E-state index in [-0.39, 0.29) is 5.69 Å². The molecule has 1 heterocycles. The van der Waals surface area contributed by atoms with Crippen molar-refractivity contribution in [1.29, 1.82) is 0 Å². The third kappa shape index (κ3) is 2.74. The predicted octanol–water partition coefficient (Wildman–Crippen LogP) is 3.19. The van der Waals surface area contributed by atoms with E-state index in [1.54, 1.807) is 22.8 Å². The maximum atomic E-state index is 11.4. The third-order valence-electron chi connectivity index (χ3n) is 2.45. The molecule has 0 bridgehead atoms. The lowest BCUT2D eigenvalue weighted by molar-refractivity contribution is 0.660. The zero-order chi connectivity index (χ0) is 13.1. The number of hydrogen-bond donors (Lipinski definition) is 1. The molecule has 0 aliphatic carbocycles. The lowest BCUT2D eigenvalue weighted by Crippen LogP contribution is -2.16. The van der Waals surface area contributed by atoms with Crippen molar-refractivity contribution in [2.75, 3.05) is 0 Å². The van der Waals surface area contributed by atoms with Gasteiger partial charge in [-0.25, -0.2) is 9.89 Å². The fourth-order valence-corrected chi connectivity index (χ4v) is 3.25. The van der Waals surface area contributed by atoms with Crippen molar-refractivity contribution in [3.8, 4) is 0 Å². The van der Waals surface area contributed by atoms with Crippen molar-refractivity contribution in [2.45, 2.75) is 24.4 Å². The summed E-state index contributed by atoms with van der Waals surface area (Å²) in [4.78, 5) is 11.4. The van der Waals surface area contributed by atoms with Gasteiger partial charge in [-0.3, -0.25) is 4.57 Å². The van der Waals surface area contributed by atoms with Crippen LogP contribution in [0.5, 0.6) is 0 Å². The second-order valence-corrected chi connectivity index (χ2v) is 5.30. The molecule has 0 aliphatic rings. The van der Waals surface area contributed by atoms with Gasteiger partial charge in [0.2, 0.25) is 0 Å². The van der Waals surface area contributed by atoms with Gasteiger partial charge in [-0.2, -0.15) is 0 Å². The Bertz CT molecular complexity index is 588. The minimum Gasteiger partial charge on any atom is -0.270 e. The van der Waals surface area contributed by atoms with Gasteiger partial charge in [0.1, 0.15) is 0 Å². The van der Waals surface area contributed by atoms with Gasteiger partial charge < -0.3 is 0 Å². The third-order valence-corrected chi connectivity index (χ3v) is 4.16. The Morgan fingerprint density at radius 1 is 1.39 bits per heavy atom. The molecule has 0 radical (unpaired) electrons. The fraction of sp³-hybridized carbons (Fsp3) is 0.273. The maximum absolute atomic E-state index is 11.4. The molecule has 0 spiro atoms. The summed E-state index contributed by atoms with van der Waals surface area (Å²) in [6, 6.07) is 5.39. The van der Waals surface area contributed by atoms with Gasteiger partial charge in [0.25, 0.3) is 0 Å². The van der Waals surface area contributed by atoms with Crippen molar-refractivity contribution >= 4 is 35.0 Å². The Kier molecular flexibility index (Phi) is 4.37. The van der Waals surface area contributed by atoms with Crippen molar-refractivity contribution in [2.24, 2.45) is 0 Å². The van der Waals surface area contributed by atoms with E-state index < -0.39 is 0 Å². The zero-order valence-corrected chi connectivity index (χ0v) is 11.9. The second kappa shape index (κ2) is 5.82. The van der Waals surface area contributed by atoms with E-state index in [0.717, 1.165) is 5.56 Å². The van der Waals surface area contributed by atoms with E-state index in [0.29, 0.717) is 27.5 Å². The topological polar surface area (TPSA) is 50.7 Å². The molecular weight excluding hydrogens is 293 g/mol. The van der Waals surface area contributed by atoms with E-state index in [1.165, 1.54) is 11.8 Å². The lowest BCUT2D eigenvalue weighted by atomic mass is 10.2. The molecule has 1 N–H and O–H groups in total. The van der Waals surface area contributed by atoms with E-state index >= 15 is 0 Å². The van der Waals surface area contributed by atoms with Crippen LogP contribution in [-0.4, -0.2) is 14.8 Å². The predicted molar refractivity (Wildman–Crippen MR) is 74.5 cm³/mol. The number of benzene rings is 1. The van der Waals surface area contributed by atoms with Crippen LogP contribution in [0.2, 0.25) is 10.0 Å². The summed E-state index contributed by atoms with van der Waals surface area (Å²) in [7, 11) is 0. The van der Waals surface area contributed by atoms with Crippen LogP contribution >= 0.6 is 35.0 Å². The number of aromatic nitrogens is 3. The second-order valence-electron chi connectivity index (χ2n) is 3.54. The molecule has 0 unspecified atom stereocenters. The largest absolute Gasteiger partial charge is 0.343 e. The van der Waals surface area contributed by atoms with Crippen LogP contribution in [0.25, 0.3) is 0 Å². The minimum atomic E-state index is -0.203. The Balaban J connectivity index is 2.19. The van der Waals surface area contributed by atoms with Gasteiger partial charge in [0.15, 0.2) is 5.16 Å². The first kappa shape index (κ1) is 13.5. The average Bonchev–Trinajstić information content (AvgIpc) is 2.69. The highest BCUT2D eigenvalue weighted by Crippen LogP contribution is 2.30. The molecule has 1 aromatic heterocycles. The highest BCUT2D eigenvalue weighted by Gasteiger charge is 2.10. The standard InChI is InChI=1S/C11H11Cl2N3OS/c1-2-16-10(17)14-15-11(16)18-6-7-8(12)4-3-5-9(7)13/h3-5H,2,6H2,1H3,(H,14,17). The number of rotatable bonds is 4. The molecule has 2 aromatic rings. The average molecular weight is 304 g/mol. The van der Waals surface area contributed by atoms with Crippen molar-refractivity contribution in [3.63, 3.8) is 0 Å². The summed E-state index contributed by atoms with van der Waals surface area (Å²) in [5.74, 6) is 0.572. The first-order valence-corrected chi connectivity index (χ1v) is 7.08. The molecule has 2 rings (SSSR count). The molecule has 0 aliphatic heterocycles. The molecule has 0 saturated heterocycles. The number of aromatic amines is 1. The van der Waals surface area contributed by atoms with Crippen molar-refractivity contribution in [3.05, 3.63) is 44.3 Å². The van der Waals surface area contributed by atoms with E-state index in [1.807, 2.05) is 6.92 Å². The first-order valence-electron chi connectivity index (χ1n) is 5.34. The fourth-order valence-electron chi connectivity index (χ4n) is 1.50. The molecule has 4 nitrogen and oxygen atoms in total. The van der Waals surface area contributed by atoms with Crippen LogP contribution < -0.4 is 5.69 Å². The SMILES string of the molecule is CCn1c(SCc2c(Cl)cccc2Cl)n[nH]c1=O. The van der Waals surface area contributed by atoms with Crippen LogP contribution in [0.3, 0.4) is 0 Å². The normalized spacial score (nSPS) is 10.8. The van der Waals surface area contributed by atoms with E-state index in [4.69, 9.17) is 23.2 Å². The highest BCUT2D eigenvalue weighted by atomic mass is 35.5. The number of nitrogens with one attached hydrogen (secondary N) is 1. The molecular formula is C11H11Cl2N3OS. The van der Waals surface area contributed by atoms with Crippen LogP contribution in [0, 0.1) is 0 Å². The van der Waals surface area contributed by atoms with Crippen LogP contribution in [0.4, 0.5) is 0 Å². The number of hydrogen-bond acceptors (Lipinski definition) is 3. The smallest absolute Gasteiger partial charge is 0.270 e. The number of halogens is 2. The molecule has 18 heavy (non-hydrogen) atoms. The summed E-state index contributed by atoms with van der Waals surface area (Å²) >= 11 is 13.6. The van der Waals surface area contributed by atoms with Crippen LogP contribution in [0.1, 0.15) is 12.5 Å². The molecule has 0 atom stereocenters. The number of nitrogens with zero attached hydrogens (tertiary/aromatic N) is 2. The Labute approximate surface area is 118 Å². The monoisotopic (exact) mass is 303 g/mol. The molecule has 1 aromatic carbocycles. The van der Waals surface area contributed by atoms with Gasteiger partial charge in [-0.15, -0.1) is 5.10 Å². The molecule has 0 saturated carbocycles. The van der Waals surface area contributed by atoms with Crippen LogP contribution in [-0.2, 0) is 12.3 Å². The first-order chi connectivity index (χ1) is 8.63. The Morgan fingerprint density at radius 3 is 2.67 bits per heavy atom. The summed E-state index contributed by atoms with van der Waals surface area (Å²) in [5, 5.41) is 8.27.